The molecule has 0 aliphatic rings. The average molecular weight is 438 g/mol. The second kappa shape index (κ2) is 10.3. The number of nitrogens with two attached hydrogens (primary N) is 1. The summed E-state index contributed by atoms with van der Waals surface area (Å²) in [5.41, 5.74) is 8.05. The quantitative estimate of drug-likeness (QED) is 0.235. The van der Waals surface area contributed by atoms with Crippen molar-refractivity contribution in [2.24, 2.45) is 10.7 Å². The summed E-state index contributed by atoms with van der Waals surface area (Å²) < 4.78 is 1.12. The van der Waals surface area contributed by atoms with Crippen LogP contribution >= 0.6 is 39.9 Å². The first-order chi connectivity index (χ1) is 8.58. The minimum atomic E-state index is 0. The van der Waals surface area contributed by atoms with Gasteiger partial charge in [0.15, 0.2) is 5.96 Å². The van der Waals surface area contributed by atoms with Gasteiger partial charge in [0, 0.05) is 11.0 Å². The average Bonchev–Trinajstić information content (AvgIpc) is 2.32. The van der Waals surface area contributed by atoms with Gasteiger partial charge in [-0.2, -0.15) is 0 Å². The third kappa shape index (κ3) is 9.04. The first kappa shape index (κ1) is 18.4. The van der Waals surface area contributed by atoms with Crippen molar-refractivity contribution in [1.29, 1.82) is 0 Å². The monoisotopic (exact) mass is 437 g/mol. The first-order valence-corrected chi connectivity index (χ1v) is 6.80. The molecule has 0 heterocycles. The van der Waals surface area contributed by atoms with Crippen LogP contribution in [0.1, 0.15) is 18.9 Å². The third-order valence-corrected chi connectivity index (χ3v) is 2.85. The predicted molar refractivity (Wildman–Crippen MR) is 97.2 cm³/mol. The van der Waals surface area contributed by atoms with Gasteiger partial charge in [-0.25, -0.2) is 4.99 Å². The molecule has 0 bridgehead atoms. The first-order valence-electron chi connectivity index (χ1n) is 6.00. The van der Waals surface area contributed by atoms with Crippen LogP contribution in [0.5, 0.6) is 0 Å². The van der Waals surface area contributed by atoms with E-state index in [9.17, 15) is 0 Å². The Balaban J connectivity index is 0.00000324. The lowest BCUT2D eigenvalue weighted by Crippen LogP contribution is -2.32. The van der Waals surface area contributed by atoms with Crippen LogP contribution in [0.4, 0.5) is 0 Å². The van der Waals surface area contributed by atoms with Crippen molar-refractivity contribution in [3.8, 4) is 0 Å². The van der Waals surface area contributed by atoms with Crippen LogP contribution < -0.4 is 11.1 Å². The fourth-order valence-electron chi connectivity index (χ4n) is 1.48. The van der Waals surface area contributed by atoms with E-state index in [4.69, 9.17) is 5.73 Å². The third-order valence-electron chi connectivity index (χ3n) is 2.36. The van der Waals surface area contributed by atoms with Crippen molar-refractivity contribution in [3.05, 3.63) is 46.5 Å². The van der Waals surface area contributed by atoms with E-state index in [0.717, 1.165) is 29.4 Å². The molecule has 1 rings (SSSR count). The van der Waals surface area contributed by atoms with Crippen LogP contribution in [0.15, 0.2) is 45.9 Å². The maximum atomic E-state index is 5.72. The molecule has 0 amide bonds. The highest BCUT2D eigenvalue weighted by Crippen LogP contribution is 2.12. The van der Waals surface area contributed by atoms with Gasteiger partial charge >= 0.3 is 0 Å². The molecule has 0 aliphatic carbocycles. The molecule has 3 N–H and O–H groups in total. The summed E-state index contributed by atoms with van der Waals surface area (Å²) in [6, 6.07) is 8.35. The van der Waals surface area contributed by atoms with Crippen LogP contribution in [-0.4, -0.2) is 19.0 Å². The Bertz CT molecular complexity index is 432. The molecule has 0 fully saturated rings. The molecule has 0 spiro atoms. The lowest BCUT2D eigenvalue weighted by molar-refractivity contribution is 0.767. The molecule has 0 aromatic heterocycles. The second-order valence-corrected chi connectivity index (χ2v) is 5.23. The van der Waals surface area contributed by atoms with E-state index in [-0.39, 0.29) is 24.0 Å². The number of hydrogen-bond acceptors (Lipinski definition) is 1. The van der Waals surface area contributed by atoms with Crippen molar-refractivity contribution >= 4 is 45.9 Å². The van der Waals surface area contributed by atoms with Gasteiger partial charge in [0.05, 0.1) is 6.54 Å². The molecule has 0 saturated heterocycles. The normalized spacial score (nSPS) is 10.7. The summed E-state index contributed by atoms with van der Waals surface area (Å²) in [6.07, 6.45) is 2.06. The van der Waals surface area contributed by atoms with E-state index in [1.807, 2.05) is 13.0 Å². The summed E-state index contributed by atoms with van der Waals surface area (Å²) >= 11 is 3.47. The molecular weight excluding hydrogens is 417 g/mol. The zero-order valence-corrected chi connectivity index (χ0v) is 15.1. The lowest BCUT2D eigenvalue weighted by Gasteiger charge is -2.06. The van der Waals surface area contributed by atoms with E-state index in [2.05, 4.69) is 51.0 Å². The summed E-state index contributed by atoms with van der Waals surface area (Å²) in [5.74, 6) is 0.493. The summed E-state index contributed by atoms with van der Waals surface area (Å²) in [7, 11) is 0. The van der Waals surface area contributed by atoms with E-state index in [1.165, 1.54) is 5.56 Å². The Labute approximate surface area is 140 Å². The predicted octanol–water partition coefficient (Wildman–Crippen LogP) is 3.48. The minimum absolute atomic E-state index is 0. The Morgan fingerprint density at radius 2 is 2.21 bits per heavy atom. The van der Waals surface area contributed by atoms with Crippen LogP contribution in [0, 0.1) is 0 Å². The number of hydrogen-bond donors (Lipinski definition) is 2. The smallest absolute Gasteiger partial charge is 0.188 e. The number of benzene rings is 1. The van der Waals surface area contributed by atoms with Gasteiger partial charge in [-0.15, -0.1) is 24.0 Å². The molecule has 106 valence electrons. The number of halogens is 2. The minimum Gasteiger partial charge on any atom is -0.370 e. The van der Waals surface area contributed by atoms with Gasteiger partial charge in [0.2, 0.25) is 0 Å². The Hall–Kier alpha value is -0.560. The SMILES string of the molecule is C=C(C)CN=C(N)NCCCc1cccc(Br)c1.I. The molecule has 0 saturated carbocycles. The summed E-state index contributed by atoms with van der Waals surface area (Å²) in [6.45, 7) is 7.13. The number of aryl methyl sites for hydroxylation is 1. The molecular formula is C14H21BrIN3. The fourth-order valence-corrected chi connectivity index (χ4v) is 1.92. The summed E-state index contributed by atoms with van der Waals surface area (Å²) in [4.78, 5) is 4.16. The zero-order chi connectivity index (χ0) is 13.4. The molecule has 0 aliphatic heterocycles. The molecule has 1 aromatic carbocycles. The zero-order valence-electron chi connectivity index (χ0n) is 11.2. The highest BCUT2D eigenvalue weighted by Gasteiger charge is 1.95. The largest absolute Gasteiger partial charge is 0.370 e. The van der Waals surface area contributed by atoms with Crippen molar-refractivity contribution in [1.82, 2.24) is 5.32 Å². The Morgan fingerprint density at radius 1 is 1.47 bits per heavy atom. The Kier molecular flexibility index (Phi) is 9.95. The number of aliphatic imine (C=N–C) groups is 1. The van der Waals surface area contributed by atoms with Gasteiger partial charge in [-0.05, 0) is 37.5 Å². The Morgan fingerprint density at radius 3 is 2.84 bits per heavy atom. The van der Waals surface area contributed by atoms with Crippen molar-refractivity contribution in [3.63, 3.8) is 0 Å². The maximum Gasteiger partial charge on any atom is 0.188 e. The molecule has 0 radical (unpaired) electrons. The fraction of sp³-hybridized carbons (Fsp3) is 0.357. The molecule has 3 nitrogen and oxygen atoms in total. The van der Waals surface area contributed by atoms with E-state index < -0.39 is 0 Å². The molecule has 0 unspecified atom stereocenters. The number of nitrogens with one attached hydrogen (secondary N) is 1. The second-order valence-electron chi connectivity index (χ2n) is 4.32. The van der Waals surface area contributed by atoms with Gasteiger partial charge in [-0.1, -0.05) is 40.2 Å². The number of guanidine groups is 1. The molecule has 5 heteroatoms. The van der Waals surface area contributed by atoms with Gasteiger partial charge in [0.25, 0.3) is 0 Å². The topological polar surface area (TPSA) is 50.4 Å². The van der Waals surface area contributed by atoms with Crippen molar-refractivity contribution in [2.45, 2.75) is 19.8 Å². The van der Waals surface area contributed by atoms with Crippen molar-refractivity contribution < 1.29 is 0 Å². The highest BCUT2D eigenvalue weighted by atomic mass is 127. The summed E-state index contributed by atoms with van der Waals surface area (Å²) in [5, 5.41) is 3.10. The number of nitrogens with zero attached hydrogens (tertiary/aromatic N) is 1. The van der Waals surface area contributed by atoms with Crippen LogP contribution in [0.3, 0.4) is 0 Å². The van der Waals surface area contributed by atoms with Crippen LogP contribution in [-0.2, 0) is 6.42 Å². The van der Waals surface area contributed by atoms with E-state index >= 15 is 0 Å². The van der Waals surface area contributed by atoms with Gasteiger partial charge in [-0.3, -0.25) is 0 Å². The van der Waals surface area contributed by atoms with E-state index in [1.54, 1.807) is 0 Å². The van der Waals surface area contributed by atoms with Crippen molar-refractivity contribution in [2.75, 3.05) is 13.1 Å². The van der Waals surface area contributed by atoms with Crippen LogP contribution in [0.25, 0.3) is 0 Å². The molecule has 19 heavy (non-hydrogen) atoms. The molecule has 0 atom stereocenters. The maximum absolute atomic E-state index is 5.72. The van der Waals surface area contributed by atoms with Gasteiger partial charge in [0.1, 0.15) is 0 Å². The number of rotatable bonds is 6. The lowest BCUT2D eigenvalue weighted by atomic mass is 10.1. The van der Waals surface area contributed by atoms with E-state index in [0.29, 0.717) is 12.5 Å². The highest BCUT2D eigenvalue weighted by molar-refractivity contribution is 14.0. The van der Waals surface area contributed by atoms with Gasteiger partial charge < -0.3 is 11.1 Å². The molecule has 1 aromatic rings. The van der Waals surface area contributed by atoms with Crippen LogP contribution in [0.2, 0.25) is 0 Å². The standard InChI is InChI=1S/C14H20BrN3.HI/c1-11(2)10-18-14(16)17-8-4-6-12-5-3-7-13(15)9-12;/h3,5,7,9H,1,4,6,8,10H2,2H3,(H3,16,17,18);1H.